The molecule has 28 heavy (non-hydrogen) atoms. The number of Topliss-reactive ketones (excluding diaryl/α,β-unsaturated/α-hetero) is 1. The number of carbonyl (C=O) groups is 1. The fourth-order valence-electron chi connectivity index (χ4n) is 4.00. The molecule has 4 rings (SSSR count). The molecule has 4 nitrogen and oxygen atoms in total. The van der Waals surface area contributed by atoms with Gasteiger partial charge in [-0.2, -0.15) is 5.26 Å². The van der Waals surface area contributed by atoms with Crippen LogP contribution in [0.25, 0.3) is 0 Å². The van der Waals surface area contributed by atoms with E-state index in [1.807, 2.05) is 23.1 Å². The van der Waals surface area contributed by atoms with Crippen molar-refractivity contribution in [2.45, 2.75) is 38.5 Å². The number of allylic oxidation sites excluding steroid dienone is 3. The molecule has 0 saturated heterocycles. The summed E-state index contributed by atoms with van der Waals surface area (Å²) in [4.78, 5) is 17.1. The maximum Gasteiger partial charge on any atom is 0.161 e. The first kappa shape index (κ1) is 18.8. The lowest BCUT2D eigenvalue weighted by molar-refractivity contribution is -0.116. The maximum absolute atomic E-state index is 13.0. The van der Waals surface area contributed by atoms with Gasteiger partial charge >= 0.3 is 0 Å². The van der Waals surface area contributed by atoms with Gasteiger partial charge in [0.05, 0.1) is 17.6 Å². The van der Waals surface area contributed by atoms with Crippen molar-refractivity contribution in [3.8, 4) is 6.07 Å². The minimum Gasteiger partial charge on any atom is -0.384 e. The minimum absolute atomic E-state index is 0.108. The summed E-state index contributed by atoms with van der Waals surface area (Å²) >= 11 is 7.70. The highest BCUT2D eigenvalue weighted by Crippen LogP contribution is 2.47. The van der Waals surface area contributed by atoms with E-state index in [2.05, 4.69) is 19.1 Å². The van der Waals surface area contributed by atoms with E-state index >= 15 is 0 Å². The lowest BCUT2D eigenvalue weighted by atomic mass is 9.78. The van der Waals surface area contributed by atoms with Gasteiger partial charge in [-0.1, -0.05) is 18.5 Å². The summed E-state index contributed by atoms with van der Waals surface area (Å²) in [6, 6.07) is 13.7. The second-order valence-corrected chi connectivity index (χ2v) is 8.59. The van der Waals surface area contributed by atoms with Crippen LogP contribution in [0.2, 0.25) is 5.02 Å². The van der Waals surface area contributed by atoms with E-state index in [-0.39, 0.29) is 11.7 Å². The van der Waals surface area contributed by atoms with Crippen molar-refractivity contribution >= 4 is 34.4 Å². The molecule has 1 atom stereocenters. The molecule has 6 heteroatoms. The molecule has 0 radical (unpaired) electrons. The number of nitrogens with two attached hydrogens (primary N) is 1. The number of carbonyl (C=O) groups excluding carboxylic acids is 1. The predicted octanol–water partition coefficient (Wildman–Crippen LogP) is 5.27. The fraction of sp³-hybridized carbons (Fsp3) is 0.273. The van der Waals surface area contributed by atoms with Crippen LogP contribution in [0.1, 0.15) is 41.9 Å². The lowest BCUT2D eigenvalue weighted by Gasteiger charge is -2.39. The summed E-state index contributed by atoms with van der Waals surface area (Å²) in [5.41, 5.74) is 9.41. The molecule has 1 aliphatic carbocycles. The van der Waals surface area contributed by atoms with Crippen LogP contribution >= 0.6 is 22.9 Å². The molecule has 0 amide bonds. The number of rotatable bonds is 3. The topological polar surface area (TPSA) is 70.1 Å². The Labute approximate surface area is 173 Å². The minimum atomic E-state index is -0.373. The molecule has 0 spiro atoms. The molecule has 0 saturated carbocycles. The summed E-state index contributed by atoms with van der Waals surface area (Å²) in [6.45, 7) is 2.10. The van der Waals surface area contributed by atoms with Gasteiger partial charge in [-0.3, -0.25) is 9.69 Å². The normalized spacial score (nSPS) is 19.7. The zero-order valence-corrected chi connectivity index (χ0v) is 17.1. The van der Waals surface area contributed by atoms with Crippen molar-refractivity contribution in [1.82, 2.24) is 0 Å². The molecule has 0 bridgehead atoms. The number of benzene rings is 1. The molecular weight excluding hydrogens is 390 g/mol. The number of nitrogens with zero attached hydrogens (tertiary/aromatic N) is 2. The van der Waals surface area contributed by atoms with E-state index in [4.69, 9.17) is 17.3 Å². The molecule has 2 heterocycles. The summed E-state index contributed by atoms with van der Waals surface area (Å²) in [7, 11) is 0. The molecular formula is C22H20ClN3OS. The highest BCUT2D eigenvalue weighted by Gasteiger charge is 2.40. The quantitative estimate of drug-likeness (QED) is 0.749. The number of anilines is 1. The van der Waals surface area contributed by atoms with E-state index in [1.54, 1.807) is 23.5 Å². The van der Waals surface area contributed by atoms with Crippen LogP contribution < -0.4 is 10.6 Å². The number of aryl methyl sites for hydroxylation is 1. The van der Waals surface area contributed by atoms with Gasteiger partial charge in [-0.05, 0) is 55.7 Å². The van der Waals surface area contributed by atoms with Crippen LogP contribution in [0.4, 0.5) is 5.69 Å². The average molecular weight is 410 g/mol. The number of halogens is 1. The Morgan fingerprint density at radius 1 is 1.25 bits per heavy atom. The number of nitriles is 1. The van der Waals surface area contributed by atoms with Crippen LogP contribution in [0, 0.1) is 11.3 Å². The van der Waals surface area contributed by atoms with E-state index in [0.717, 1.165) is 41.1 Å². The average Bonchev–Trinajstić information content (AvgIpc) is 3.17. The van der Waals surface area contributed by atoms with Gasteiger partial charge in [0.2, 0.25) is 0 Å². The number of thiophene rings is 1. The van der Waals surface area contributed by atoms with Crippen molar-refractivity contribution in [2.75, 3.05) is 4.90 Å². The largest absolute Gasteiger partial charge is 0.384 e. The van der Waals surface area contributed by atoms with Crippen LogP contribution in [0.5, 0.6) is 0 Å². The van der Waals surface area contributed by atoms with Crippen LogP contribution in [0.15, 0.2) is 59.1 Å². The third-order valence-electron chi connectivity index (χ3n) is 5.31. The van der Waals surface area contributed by atoms with Gasteiger partial charge < -0.3 is 5.73 Å². The van der Waals surface area contributed by atoms with Crippen molar-refractivity contribution in [1.29, 1.82) is 5.26 Å². The first-order valence-electron chi connectivity index (χ1n) is 9.35. The second-order valence-electron chi connectivity index (χ2n) is 6.95. The Kier molecular flexibility index (Phi) is 5.01. The molecule has 1 aromatic carbocycles. The summed E-state index contributed by atoms with van der Waals surface area (Å²) < 4.78 is 0. The Hall–Kier alpha value is -2.55. The molecule has 2 N–H and O–H groups in total. The van der Waals surface area contributed by atoms with Gasteiger partial charge in [-0.15, -0.1) is 11.3 Å². The number of ketones is 1. The first-order valence-corrected chi connectivity index (χ1v) is 10.5. The van der Waals surface area contributed by atoms with E-state index in [0.29, 0.717) is 22.8 Å². The molecule has 1 unspecified atom stereocenters. The first-order chi connectivity index (χ1) is 13.5. The highest BCUT2D eigenvalue weighted by molar-refractivity contribution is 7.12. The van der Waals surface area contributed by atoms with Crippen LogP contribution in [0.3, 0.4) is 0 Å². The third kappa shape index (κ3) is 3.03. The Morgan fingerprint density at radius 2 is 2.00 bits per heavy atom. The van der Waals surface area contributed by atoms with Gasteiger partial charge in [0.1, 0.15) is 5.82 Å². The van der Waals surface area contributed by atoms with E-state index in [9.17, 15) is 10.1 Å². The van der Waals surface area contributed by atoms with Gasteiger partial charge in [0.25, 0.3) is 0 Å². The third-order valence-corrected chi connectivity index (χ3v) is 6.86. The van der Waals surface area contributed by atoms with Crippen molar-refractivity contribution in [2.24, 2.45) is 5.73 Å². The zero-order valence-electron chi connectivity index (χ0n) is 15.5. The monoisotopic (exact) mass is 409 g/mol. The number of hydrogen-bond donors (Lipinski definition) is 1. The Balaban J connectivity index is 1.93. The van der Waals surface area contributed by atoms with Crippen molar-refractivity contribution in [3.63, 3.8) is 0 Å². The molecule has 142 valence electrons. The van der Waals surface area contributed by atoms with Gasteiger partial charge in [-0.25, -0.2) is 0 Å². The van der Waals surface area contributed by atoms with Gasteiger partial charge in [0, 0.05) is 38.2 Å². The van der Waals surface area contributed by atoms with Crippen molar-refractivity contribution < 1.29 is 4.79 Å². The van der Waals surface area contributed by atoms with Crippen LogP contribution in [-0.4, -0.2) is 5.78 Å². The summed E-state index contributed by atoms with van der Waals surface area (Å²) in [5, 5.41) is 10.6. The predicted molar refractivity (Wildman–Crippen MR) is 113 cm³/mol. The SMILES string of the molecule is CCc1ccc(C2C(C#N)=C(N)N(c3ccc(Cl)cc3)C3=C2C(=O)CCC3)s1. The molecule has 1 aliphatic heterocycles. The Morgan fingerprint density at radius 3 is 2.64 bits per heavy atom. The maximum atomic E-state index is 13.0. The zero-order chi connectivity index (χ0) is 19.8. The smallest absolute Gasteiger partial charge is 0.161 e. The Bertz CT molecular complexity index is 1040. The standard InChI is InChI=1S/C22H20ClN3OS/c1-2-15-10-11-19(28-15)20-16(12-24)22(25)26(14-8-6-13(23)7-9-14)17-4-3-5-18(27)21(17)20/h6-11,20H,2-5,25H2,1H3. The van der Waals surface area contributed by atoms with Gasteiger partial charge in [0.15, 0.2) is 5.78 Å². The number of hydrogen-bond acceptors (Lipinski definition) is 5. The highest BCUT2D eigenvalue weighted by atomic mass is 35.5. The van der Waals surface area contributed by atoms with E-state index in [1.165, 1.54) is 4.88 Å². The summed E-state index contributed by atoms with van der Waals surface area (Å²) in [6.07, 6.45) is 2.98. The molecule has 2 aliphatic rings. The van der Waals surface area contributed by atoms with Crippen LogP contribution in [-0.2, 0) is 11.2 Å². The summed E-state index contributed by atoms with van der Waals surface area (Å²) in [5.74, 6) is 0.133. The molecule has 2 aromatic rings. The fourth-order valence-corrected chi connectivity index (χ4v) is 5.19. The lowest BCUT2D eigenvalue weighted by Crippen LogP contribution is -2.38. The molecule has 1 aromatic heterocycles. The van der Waals surface area contributed by atoms with E-state index < -0.39 is 0 Å². The second kappa shape index (κ2) is 7.46. The van der Waals surface area contributed by atoms with Crippen molar-refractivity contribution in [3.05, 3.63) is 73.8 Å². The molecule has 0 fully saturated rings.